The number of benzene rings is 1. The third-order valence-corrected chi connectivity index (χ3v) is 4.46. The van der Waals surface area contributed by atoms with E-state index in [0.717, 1.165) is 17.8 Å². The van der Waals surface area contributed by atoms with Crippen molar-refractivity contribution in [2.75, 3.05) is 11.9 Å². The minimum atomic E-state index is -0.507. The van der Waals surface area contributed by atoms with Crippen molar-refractivity contribution in [1.82, 2.24) is 10.2 Å². The van der Waals surface area contributed by atoms with Crippen molar-refractivity contribution in [3.8, 4) is 0 Å². The van der Waals surface area contributed by atoms with Gasteiger partial charge in [0.2, 0.25) is 5.13 Å². The number of carbonyl (C=O) groups excluding carboxylic acids is 1. The highest BCUT2D eigenvalue weighted by Gasteiger charge is 2.23. The van der Waals surface area contributed by atoms with Crippen LogP contribution < -0.4 is 5.32 Å². The van der Waals surface area contributed by atoms with Crippen molar-refractivity contribution in [2.24, 2.45) is 0 Å². The zero-order valence-electron chi connectivity index (χ0n) is 12.3. The topological polar surface area (TPSA) is 107 Å². The summed E-state index contributed by atoms with van der Waals surface area (Å²) in [5, 5.41) is 22.6. The molecule has 0 radical (unpaired) electrons. The maximum absolute atomic E-state index is 12.2. The van der Waals surface area contributed by atoms with E-state index in [4.69, 9.17) is 4.74 Å². The number of rotatable bonds is 4. The number of nitrogens with one attached hydrogen (secondary N) is 1. The van der Waals surface area contributed by atoms with Crippen LogP contribution in [0.5, 0.6) is 0 Å². The molecule has 1 aromatic heterocycles. The Morgan fingerprint density at radius 1 is 1.48 bits per heavy atom. The van der Waals surface area contributed by atoms with Gasteiger partial charge in [-0.2, -0.15) is 0 Å². The van der Waals surface area contributed by atoms with E-state index in [-0.39, 0.29) is 17.4 Å². The molecular weight excluding hydrogens is 320 g/mol. The Labute approximate surface area is 135 Å². The van der Waals surface area contributed by atoms with Gasteiger partial charge in [-0.1, -0.05) is 17.4 Å². The van der Waals surface area contributed by atoms with E-state index in [2.05, 4.69) is 15.5 Å². The highest BCUT2D eigenvalue weighted by atomic mass is 32.1. The molecule has 1 amide bonds. The molecule has 9 heteroatoms. The Bertz CT molecular complexity index is 755. The van der Waals surface area contributed by atoms with Gasteiger partial charge in [0, 0.05) is 23.8 Å². The van der Waals surface area contributed by atoms with Crippen molar-refractivity contribution in [1.29, 1.82) is 0 Å². The van der Waals surface area contributed by atoms with Crippen LogP contribution >= 0.6 is 11.3 Å². The fourth-order valence-corrected chi connectivity index (χ4v) is 3.13. The van der Waals surface area contributed by atoms with Gasteiger partial charge in [-0.05, 0) is 25.8 Å². The third kappa shape index (κ3) is 3.35. The van der Waals surface area contributed by atoms with Gasteiger partial charge in [0.05, 0.1) is 4.92 Å². The lowest BCUT2D eigenvalue weighted by molar-refractivity contribution is -0.385. The largest absolute Gasteiger partial charge is 0.371 e. The van der Waals surface area contributed by atoms with Crippen molar-refractivity contribution >= 4 is 28.1 Å². The van der Waals surface area contributed by atoms with E-state index in [1.807, 2.05) is 0 Å². The molecule has 0 spiro atoms. The summed E-state index contributed by atoms with van der Waals surface area (Å²) in [6.45, 7) is 2.33. The van der Waals surface area contributed by atoms with Crippen molar-refractivity contribution in [3.63, 3.8) is 0 Å². The first-order valence-electron chi connectivity index (χ1n) is 7.06. The number of anilines is 1. The molecule has 1 aromatic carbocycles. The van der Waals surface area contributed by atoms with E-state index in [9.17, 15) is 14.9 Å². The molecule has 0 aliphatic carbocycles. The molecule has 1 atom stereocenters. The molecule has 2 aromatic rings. The smallest absolute Gasteiger partial charge is 0.273 e. The van der Waals surface area contributed by atoms with Crippen molar-refractivity contribution < 1.29 is 14.5 Å². The lowest BCUT2D eigenvalue weighted by Gasteiger charge is -2.03. The van der Waals surface area contributed by atoms with Crippen LogP contribution in [-0.2, 0) is 4.74 Å². The van der Waals surface area contributed by atoms with Gasteiger partial charge < -0.3 is 4.74 Å². The number of amides is 1. The predicted octanol–water partition coefficient (Wildman–Crippen LogP) is 2.86. The van der Waals surface area contributed by atoms with Crippen LogP contribution in [0.3, 0.4) is 0 Å². The molecular formula is C14H14N4O4S. The molecule has 0 bridgehead atoms. The van der Waals surface area contributed by atoms with Gasteiger partial charge in [0.25, 0.3) is 11.6 Å². The van der Waals surface area contributed by atoms with Crippen LogP contribution in [0.2, 0.25) is 0 Å². The van der Waals surface area contributed by atoms with E-state index in [1.54, 1.807) is 19.1 Å². The monoisotopic (exact) mass is 334 g/mol. The SMILES string of the molecule is Cc1ccc(C(=O)Nc2nnc(C3CCCO3)s2)cc1[N+](=O)[O-]. The Morgan fingerprint density at radius 3 is 3.00 bits per heavy atom. The summed E-state index contributed by atoms with van der Waals surface area (Å²) in [4.78, 5) is 22.6. The Kier molecular flexibility index (Phi) is 4.30. The van der Waals surface area contributed by atoms with Crippen molar-refractivity contribution in [2.45, 2.75) is 25.9 Å². The van der Waals surface area contributed by atoms with Crippen LogP contribution in [0, 0.1) is 17.0 Å². The zero-order valence-corrected chi connectivity index (χ0v) is 13.1. The minimum absolute atomic E-state index is 0.0568. The summed E-state index contributed by atoms with van der Waals surface area (Å²) < 4.78 is 5.52. The highest BCUT2D eigenvalue weighted by Crippen LogP contribution is 2.32. The fourth-order valence-electron chi connectivity index (χ4n) is 2.30. The molecule has 1 aliphatic heterocycles. The van der Waals surface area contributed by atoms with Gasteiger partial charge in [-0.3, -0.25) is 20.2 Å². The maximum Gasteiger partial charge on any atom is 0.273 e. The Morgan fingerprint density at radius 2 is 2.30 bits per heavy atom. The second kappa shape index (κ2) is 6.39. The van der Waals surface area contributed by atoms with Gasteiger partial charge in [0.15, 0.2) is 0 Å². The molecule has 2 heterocycles. The molecule has 1 aliphatic rings. The molecule has 0 saturated carbocycles. The summed E-state index contributed by atoms with van der Waals surface area (Å²) in [6, 6.07) is 4.34. The van der Waals surface area contributed by atoms with E-state index < -0.39 is 10.8 Å². The third-order valence-electron chi connectivity index (χ3n) is 3.53. The summed E-state index contributed by atoms with van der Waals surface area (Å²) >= 11 is 1.25. The molecule has 3 rings (SSSR count). The predicted molar refractivity (Wildman–Crippen MR) is 83.6 cm³/mol. The maximum atomic E-state index is 12.2. The second-order valence-corrected chi connectivity index (χ2v) is 6.17. The van der Waals surface area contributed by atoms with Crippen LogP contribution in [0.4, 0.5) is 10.8 Å². The summed E-state index contributed by atoms with van der Waals surface area (Å²) in [5.41, 5.74) is 0.620. The van der Waals surface area contributed by atoms with Gasteiger partial charge in [-0.15, -0.1) is 10.2 Å². The molecule has 8 nitrogen and oxygen atoms in total. The number of aryl methyl sites for hydroxylation is 1. The number of hydrogen-bond donors (Lipinski definition) is 1. The number of nitro groups is 1. The average Bonchev–Trinajstić information content (AvgIpc) is 3.18. The number of carbonyl (C=O) groups is 1. The van der Waals surface area contributed by atoms with E-state index in [0.29, 0.717) is 17.3 Å². The Hall–Kier alpha value is -2.39. The van der Waals surface area contributed by atoms with E-state index >= 15 is 0 Å². The number of hydrogen-bond acceptors (Lipinski definition) is 7. The Balaban J connectivity index is 1.74. The highest BCUT2D eigenvalue weighted by molar-refractivity contribution is 7.15. The summed E-state index contributed by atoms with van der Waals surface area (Å²) in [5.74, 6) is -0.455. The lowest BCUT2D eigenvalue weighted by atomic mass is 10.1. The number of aromatic nitrogens is 2. The lowest BCUT2D eigenvalue weighted by Crippen LogP contribution is -2.12. The average molecular weight is 334 g/mol. The van der Waals surface area contributed by atoms with Crippen LogP contribution in [0.25, 0.3) is 0 Å². The van der Waals surface area contributed by atoms with Gasteiger partial charge in [0.1, 0.15) is 11.1 Å². The quantitative estimate of drug-likeness (QED) is 0.680. The summed E-state index contributed by atoms with van der Waals surface area (Å²) in [7, 11) is 0. The van der Waals surface area contributed by atoms with Crippen LogP contribution in [0.1, 0.15) is 39.9 Å². The van der Waals surface area contributed by atoms with E-state index in [1.165, 1.54) is 17.4 Å². The number of nitro benzene ring substituents is 1. The first-order valence-corrected chi connectivity index (χ1v) is 7.87. The normalized spacial score (nSPS) is 17.2. The molecule has 120 valence electrons. The van der Waals surface area contributed by atoms with Crippen molar-refractivity contribution in [3.05, 3.63) is 44.4 Å². The number of ether oxygens (including phenoxy) is 1. The molecule has 1 N–H and O–H groups in total. The van der Waals surface area contributed by atoms with Crippen LogP contribution in [0.15, 0.2) is 18.2 Å². The summed E-state index contributed by atoms with van der Waals surface area (Å²) in [6.07, 6.45) is 1.82. The molecule has 1 unspecified atom stereocenters. The standard InChI is InChI=1S/C14H14N4O4S/c1-8-4-5-9(7-10(8)18(20)21)12(19)15-14-17-16-13(23-14)11-3-2-6-22-11/h4-5,7,11H,2-3,6H2,1H3,(H,15,17,19). The molecule has 23 heavy (non-hydrogen) atoms. The van der Waals surface area contributed by atoms with Gasteiger partial charge in [-0.25, -0.2) is 0 Å². The minimum Gasteiger partial charge on any atom is -0.371 e. The molecule has 1 saturated heterocycles. The van der Waals surface area contributed by atoms with Crippen LogP contribution in [-0.4, -0.2) is 27.6 Å². The zero-order chi connectivity index (χ0) is 16.4. The first kappa shape index (κ1) is 15.5. The first-order chi connectivity index (χ1) is 11.0. The fraction of sp³-hybridized carbons (Fsp3) is 0.357. The molecule has 1 fully saturated rings. The number of nitrogens with zero attached hydrogens (tertiary/aromatic N) is 3. The second-order valence-electron chi connectivity index (χ2n) is 5.16. The van der Waals surface area contributed by atoms with Gasteiger partial charge >= 0.3 is 0 Å².